The van der Waals surface area contributed by atoms with Crippen LogP contribution in [0.5, 0.6) is 0 Å². The molecule has 0 atom stereocenters. The molecule has 4 rings (SSSR count). The minimum absolute atomic E-state index is 0.0132. The second-order valence-electron chi connectivity index (χ2n) is 7.54. The van der Waals surface area contributed by atoms with Gasteiger partial charge in [0.25, 0.3) is 0 Å². The van der Waals surface area contributed by atoms with Gasteiger partial charge in [-0.3, -0.25) is 4.79 Å². The molecular weight excluding hydrogens is 358 g/mol. The Balaban J connectivity index is 1.68. The summed E-state index contributed by atoms with van der Waals surface area (Å²) in [6, 6.07) is 23.5. The number of carbonyl (C=O) groups excluding carboxylic acids is 1. The fourth-order valence-electron chi connectivity index (χ4n) is 3.29. The number of aryl methyl sites for hydroxylation is 1. The number of nitrogens with zero attached hydrogens (tertiary/aromatic N) is 3. The smallest absolute Gasteiger partial charge is 0.193 e. The number of hydrogen-bond acceptors (Lipinski definition) is 3. The number of rotatable bonds is 5. The summed E-state index contributed by atoms with van der Waals surface area (Å²) in [5.74, 6) is 0.420. The van der Waals surface area contributed by atoms with E-state index in [-0.39, 0.29) is 5.78 Å². The van der Waals surface area contributed by atoms with Crippen LogP contribution in [0.3, 0.4) is 0 Å². The Morgan fingerprint density at radius 2 is 1.59 bits per heavy atom. The molecule has 0 saturated carbocycles. The Morgan fingerprint density at radius 3 is 2.28 bits per heavy atom. The quantitative estimate of drug-likeness (QED) is 0.423. The van der Waals surface area contributed by atoms with Crippen molar-refractivity contribution in [2.24, 2.45) is 0 Å². The predicted molar refractivity (Wildman–Crippen MR) is 115 cm³/mol. The highest BCUT2D eigenvalue weighted by molar-refractivity contribution is 6.12. The van der Waals surface area contributed by atoms with Crippen LogP contribution < -0.4 is 0 Å². The summed E-state index contributed by atoms with van der Waals surface area (Å²) < 4.78 is 1.73. The first-order valence-electron chi connectivity index (χ1n) is 9.76. The minimum atomic E-state index is -0.0132. The number of hydrogen-bond donors (Lipinski definition) is 0. The van der Waals surface area contributed by atoms with Crippen molar-refractivity contribution in [1.82, 2.24) is 15.0 Å². The van der Waals surface area contributed by atoms with E-state index in [1.165, 1.54) is 11.1 Å². The summed E-state index contributed by atoms with van der Waals surface area (Å²) in [5.41, 5.74) is 6.09. The minimum Gasteiger partial charge on any atom is -0.289 e. The van der Waals surface area contributed by atoms with Crippen LogP contribution in [-0.2, 0) is 0 Å². The monoisotopic (exact) mass is 381 g/mol. The van der Waals surface area contributed by atoms with E-state index in [1.54, 1.807) is 4.68 Å². The highest BCUT2D eigenvalue weighted by Crippen LogP contribution is 2.25. The summed E-state index contributed by atoms with van der Waals surface area (Å²) in [7, 11) is 0. The Bertz CT molecular complexity index is 1140. The summed E-state index contributed by atoms with van der Waals surface area (Å²) in [6.45, 7) is 6.33. The Morgan fingerprint density at radius 1 is 0.897 bits per heavy atom. The zero-order valence-electron chi connectivity index (χ0n) is 16.8. The third kappa shape index (κ3) is 3.87. The van der Waals surface area contributed by atoms with Crippen LogP contribution in [0.1, 0.15) is 46.8 Å². The first-order valence-corrected chi connectivity index (χ1v) is 9.76. The van der Waals surface area contributed by atoms with Crippen molar-refractivity contribution in [2.75, 3.05) is 0 Å². The standard InChI is InChI=1S/C25H23N3O/c1-17(2)19-10-12-20(13-11-19)25(29)23-7-5-4-6-22(23)24-16-28(27-26-24)21-14-8-18(3)9-15-21/h4-17H,1-3H3. The maximum absolute atomic E-state index is 13.2. The molecule has 0 bridgehead atoms. The van der Waals surface area contributed by atoms with Crippen molar-refractivity contribution in [3.63, 3.8) is 0 Å². The maximum Gasteiger partial charge on any atom is 0.193 e. The van der Waals surface area contributed by atoms with Gasteiger partial charge in [0.1, 0.15) is 5.69 Å². The first-order chi connectivity index (χ1) is 14.0. The topological polar surface area (TPSA) is 47.8 Å². The van der Waals surface area contributed by atoms with Crippen molar-refractivity contribution in [3.8, 4) is 16.9 Å². The van der Waals surface area contributed by atoms with Crippen molar-refractivity contribution < 1.29 is 4.79 Å². The lowest BCUT2D eigenvalue weighted by atomic mass is 9.95. The molecule has 4 nitrogen and oxygen atoms in total. The van der Waals surface area contributed by atoms with Crippen LogP contribution in [0.25, 0.3) is 16.9 Å². The van der Waals surface area contributed by atoms with Gasteiger partial charge in [-0.1, -0.05) is 85.3 Å². The fourth-order valence-corrected chi connectivity index (χ4v) is 3.29. The van der Waals surface area contributed by atoms with Gasteiger partial charge in [0.15, 0.2) is 5.78 Å². The molecule has 0 amide bonds. The van der Waals surface area contributed by atoms with Gasteiger partial charge in [0.2, 0.25) is 0 Å². The lowest BCUT2D eigenvalue weighted by Gasteiger charge is -2.09. The van der Waals surface area contributed by atoms with E-state index in [0.29, 0.717) is 22.7 Å². The van der Waals surface area contributed by atoms with Crippen molar-refractivity contribution in [1.29, 1.82) is 0 Å². The van der Waals surface area contributed by atoms with E-state index >= 15 is 0 Å². The van der Waals surface area contributed by atoms with Crippen LogP contribution in [0, 0.1) is 6.92 Å². The number of aromatic nitrogens is 3. The Kier molecular flexibility index (Phi) is 5.09. The van der Waals surface area contributed by atoms with Gasteiger partial charge in [-0.2, -0.15) is 0 Å². The van der Waals surface area contributed by atoms with Gasteiger partial charge in [-0.15, -0.1) is 5.10 Å². The molecule has 4 heteroatoms. The van der Waals surface area contributed by atoms with Crippen molar-refractivity contribution in [2.45, 2.75) is 26.7 Å². The molecule has 29 heavy (non-hydrogen) atoms. The van der Waals surface area contributed by atoms with Crippen LogP contribution in [0.2, 0.25) is 0 Å². The van der Waals surface area contributed by atoms with Gasteiger partial charge < -0.3 is 0 Å². The summed E-state index contributed by atoms with van der Waals surface area (Å²) in [4.78, 5) is 13.2. The van der Waals surface area contributed by atoms with Crippen LogP contribution in [0.4, 0.5) is 0 Å². The van der Waals surface area contributed by atoms with E-state index < -0.39 is 0 Å². The maximum atomic E-state index is 13.2. The molecular formula is C25H23N3O. The molecule has 1 aromatic heterocycles. The first kappa shape index (κ1) is 18.8. The SMILES string of the molecule is Cc1ccc(-n2cc(-c3ccccc3C(=O)c3ccc(C(C)C)cc3)nn2)cc1. The van der Waals surface area contributed by atoms with E-state index in [9.17, 15) is 4.79 Å². The lowest BCUT2D eigenvalue weighted by molar-refractivity contribution is 0.103. The second kappa shape index (κ2) is 7.84. The zero-order valence-corrected chi connectivity index (χ0v) is 16.8. The average Bonchev–Trinajstić information content (AvgIpc) is 3.24. The Labute approximate surface area is 170 Å². The van der Waals surface area contributed by atoms with E-state index in [1.807, 2.05) is 85.9 Å². The van der Waals surface area contributed by atoms with Crippen LogP contribution in [-0.4, -0.2) is 20.8 Å². The number of benzene rings is 3. The molecule has 144 valence electrons. The molecule has 0 saturated heterocycles. The van der Waals surface area contributed by atoms with Gasteiger partial charge >= 0.3 is 0 Å². The van der Waals surface area contributed by atoms with Crippen LogP contribution >= 0.6 is 0 Å². The molecule has 0 aliphatic carbocycles. The van der Waals surface area contributed by atoms with Crippen molar-refractivity contribution in [3.05, 3.63) is 101 Å². The molecule has 0 spiro atoms. The third-order valence-corrected chi connectivity index (χ3v) is 5.08. The Hall–Kier alpha value is -3.53. The molecule has 1 heterocycles. The van der Waals surface area contributed by atoms with Crippen LogP contribution in [0.15, 0.2) is 79.0 Å². The molecule has 3 aromatic carbocycles. The van der Waals surface area contributed by atoms with Crippen molar-refractivity contribution >= 4 is 5.78 Å². The number of carbonyl (C=O) groups is 1. The molecule has 0 N–H and O–H groups in total. The lowest BCUT2D eigenvalue weighted by Crippen LogP contribution is -2.04. The van der Waals surface area contributed by atoms with Gasteiger partial charge in [0.05, 0.1) is 11.9 Å². The molecule has 0 unspecified atom stereocenters. The van der Waals surface area contributed by atoms with Gasteiger partial charge in [-0.05, 0) is 30.5 Å². The molecule has 0 aliphatic heterocycles. The molecule has 0 aliphatic rings. The van der Waals surface area contributed by atoms with E-state index in [0.717, 1.165) is 11.3 Å². The second-order valence-corrected chi connectivity index (χ2v) is 7.54. The van der Waals surface area contributed by atoms with E-state index in [4.69, 9.17) is 0 Å². The highest BCUT2D eigenvalue weighted by atomic mass is 16.1. The molecule has 0 radical (unpaired) electrons. The summed E-state index contributed by atoms with van der Waals surface area (Å²) in [5, 5.41) is 8.57. The fraction of sp³-hybridized carbons (Fsp3) is 0.160. The van der Waals surface area contributed by atoms with E-state index in [2.05, 4.69) is 24.2 Å². The zero-order chi connectivity index (χ0) is 20.4. The van der Waals surface area contributed by atoms with Gasteiger partial charge in [0, 0.05) is 16.7 Å². The third-order valence-electron chi connectivity index (χ3n) is 5.08. The summed E-state index contributed by atoms with van der Waals surface area (Å²) >= 11 is 0. The number of ketones is 1. The average molecular weight is 381 g/mol. The predicted octanol–water partition coefficient (Wildman–Crippen LogP) is 5.60. The normalized spacial score (nSPS) is 11.0. The molecule has 0 fully saturated rings. The highest BCUT2D eigenvalue weighted by Gasteiger charge is 2.17. The largest absolute Gasteiger partial charge is 0.289 e. The van der Waals surface area contributed by atoms with Gasteiger partial charge in [-0.25, -0.2) is 4.68 Å². The molecule has 4 aromatic rings. The summed E-state index contributed by atoms with van der Waals surface area (Å²) in [6.07, 6.45) is 1.86.